The number of phenolic OH excluding ortho intramolecular Hbond substituents is 1. The number of aldehydes is 1. The van der Waals surface area contributed by atoms with Crippen LogP contribution in [-0.2, 0) is 5.33 Å². The Hall–Kier alpha value is -0.870. The minimum Gasteiger partial charge on any atom is -0.508 e. The van der Waals surface area contributed by atoms with Crippen molar-refractivity contribution in [3.63, 3.8) is 0 Å². The number of carbonyl (C=O) groups is 1. The third-order valence-electron chi connectivity index (χ3n) is 2.00. The monoisotopic (exact) mass is 270 g/mol. The minimum absolute atomic E-state index is 0.272. The third-order valence-corrected chi connectivity index (χ3v) is 3.62. The van der Waals surface area contributed by atoms with Crippen molar-refractivity contribution >= 4 is 43.6 Å². The highest BCUT2D eigenvalue weighted by atomic mass is 79.9. The highest BCUT2D eigenvalue weighted by Crippen LogP contribution is 2.31. The lowest BCUT2D eigenvalue weighted by Crippen LogP contribution is -1.77. The number of alkyl halides is 1. The Morgan fingerprint density at radius 1 is 1.43 bits per heavy atom. The van der Waals surface area contributed by atoms with E-state index < -0.39 is 0 Å². The van der Waals surface area contributed by atoms with Crippen molar-refractivity contribution in [1.82, 2.24) is 0 Å². The molecule has 0 spiro atoms. The Bertz CT molecular complexity index is 490. The van der Waals surface area contributed by atoms with Gasteiger partial charge in [0.15, 0.2) is 6.29 Å². The molecule has 1 N–H and O–H groups in total. The molecule has 0 saturated carbocycles. The van der Waals surface area contributed by atoms with Crippen molar-refractivity contribution < 1.29 is 9.90 Å². The number of benzene rings is 1. The normalized spacial score (nSPS) is 10.6. The molecule has 1 heterocycles. The summed E-state index contributed by atoms with van der Waals surface area (Å²) in [6.45, 7) is 0. The fraction of sp³-hybridized carbons (Fsp3) is 0.100. The number of phenols is 1. The number of halogens is 1. The summed E-state index contributed by atoms with van der Waals surface area (Å²) < 4.78 is 0.939. The Morgan fingerprint density at radius 2 is 2.21 bits per heavy atom. The molecule has 2 aromatic rings. The molecule has 14 heavy (non-hydrogen) atoms. The van der Waals surface area contributed by atoms with Crippen molar-refractivity contribution in [2.45, 2.75) is 5.33 Å². The molecule has 0 aliphatic carbocycles. The van der Waals surface area contributed by atoms with Gasteiger partial charge >= 0.3 is 0 Å². The second-order valence-corrected chi connectivity index (χ2v) is 4.60. The molecule has 0 aliphatic heterocycles. The zero-order valence-corrected chi connectivity index (χ0v) is 9.56. The summed E-state index contributed by atoms with van der Waals surface area (Å²) in [4.78, 5) is 11.2. The standard InChI is InChI=1S/C10H7BrO2S/c11-4-7-1-6-2-8(5-12)14-10(6)3-9(7)13/h1-3,5,13H,4H2. The van der Waals surface area contributed by atoms with Gasteiger partial charge in [0.05, 0.1) is 4.88 Å². The number of fused-ring (bicyclic) bond motifs is 1. The molecular weight excluding hydrogens is 264 g/mol. The van der Waals surface area contributed by atoms with E-state index in [2.05, 4.69) is 15.9 Å². The molecule has 0 radical (unpaired) electrons. The van der Waals surface area contributed by atoms with Gasteiger partial charge in [-0.1, -0.05) is 15.9 Å². The topological polar surface area (TPSA) is 37.3 Å². The summed E-state index contributed by atoms with van der Waals surface area (Å²) in [6.07, 6.45) is 0.829. The van der Waals surface area contributed by atoms with E-state index in [4.69, 9.17) is 0 Å². The highest BCUT2D eigenvalue weighted by molar-refractivity contribution is 9.08. The number of aromatic hydroxyl groups is 1. The molecule has 2 rings (SSSR count). The van der Waals surface area contributed by atoms with Crippen LogP contribution in [0.4, 0.5) is 0 Å². The molecule has 1 aromatic heterocycles. The summed E-state index contributed by atoms with van der Waals surface area (Å²) in [5, 5.41) is 11.2. The maximum atomic E-state index is 10.6. The van der Waals surface area contributed by atoms with Crippen molar-refractivity contribution in [3.05, 3.63) is 28.6 Å². The van der Waals surface area contributed by atoms with Gasteiger partial charge in [0, 0.05) is 15.6 Å². The van der Waals surface area contributed by atoms with Gasteiger partial charge < -0.3 is 5.11 Å². The SMILES string of the molecule is O=Cc1cc2cc(CBr)c(O)cc2s1. The van der Waals surface area contributed by atoms with E-state index in [1.54, 1.807) is 6.07 Å². The number of hydrogen-bond donors (Lipinski definition) is 1. The largest absolute Gasteiger partial charge is 0.508 e. The van der Waals surface area contributed by atoms with E-state index in [0.29, 0.717) is 10.2 Å². The van der Waals surface area contributed by atoms with Gasteiger partial charge in [-0.2, -0.15) is 0 Å². The molecule has 0 fully saturated rings. The lowest BCUT2D eigenvalue weighted by molar-refractivity contribution is 0.112. The molecule has 0 atom stereocenters. The average molecular weight is 271 g/mol. The zero-order chi connectivity index (χ0) is 10.1. The van der Waals surface area contributed by atoms with Gasteiger partial charge in [-0.25, -0.2) is 0 Å². The lowest BCUT2D eigenvalue weighted by atomic mass is 10.1. The summed E-state index contributed by atoms with van der Waals surface area (Å²) in [6, 6.07) is 5.42. The van der Waals surface area contributed by atoms with Crippen LogP contribution < -0.4 is 0 Å². The first kappa shape index (κ1) is 9.68. The summed E-state index contributed by atoms with van der Waals surface area (Å²) in [7, 11) is 0. The molecule has 1 aromatic carbocycles. The van der Waals surface area contributed by atoms with Crippen LogP contribution in [0.15, 0.2) is 18.2 Å². The Kier molecular flexibility index (Phi) is 2.56. The first-order chi connectivity index (χ1) is 6.74. The molecule has 0 saturated heterocycles. The predicted molar refractivity (Wildman–Crippen MR) is 61.5 cm³/mol. The smallest absolute Gasteiger partial charge is 0.160 e. The number of rotatable bonds is 2. The molecule has 2 nitrogen and oxygen atoms in total. The summed E-state index contributed by atoms with van der Waals surface area (Å²) in [5.74, 6) is 0.272. The van der Waals surface area contributed by atoms with E-state index in [-0.39, 0.29) is 5.75 Å². The molecule has 0 bridgehead atoms. The van der Waals surface area contributed by atoms with Crippen LogP contribution >= 0.6 is 27.3 Å². The molecule has 0 amide bonds. The van der Waals surface area contributed by atoms with E-state index >= 15 is 0 Å². The van der Waals surface area contributed by atoms with Crippen LogP contribution in [0.1, 0.15) is 15.2 Å². The van der Waals surface area contributed by atoms with Gasteiger partial charge in [0.2, 0.25) is 0 Å². The Labute approximate surface area is 93.3 Å². The second-order valence-electron chi connectivity index (χ2n) is 2.92. The Morgan fingerprint density at radius 3 is 2.86 bits per heavy atom. The van der Waals surface area contributed by atoms with Gasteiger partial charge in [0.25, 0.3) is 0 Å². The Balaban J connectivity index is 2.69. The minimum atomic E-state index is 0.272. The summed E-state index contributed by atoms with van der Waals surface area (Å²) >= 11 is 4.68. The van der Waals surface area contributed by atoms with Crippen molar-refractivity contribution in [3.8, 4) is 5.75 Å². The fourth-order valence-corrected chi connectivity index (χ4v) is 2.65. The number of carbonyl (C=O) groups excluding carboxylic acids is 1. The lowest BCUT2D eigenvalue weighted by Gasteiger charge is -1.99. The number of thiophene rings is 1. The maximum absolute atomic E-state index is 10.6. The number of hydrogen-bond acceptors (Lipinski definition) is 3. The van der Waals surface area contributed by atoms with E-state index in [9.17, 15) is 9.90 Å². The molecule has 72 valence electrons. The quantitative estimate of drug-likeness (QED) is 0.672. The second kappa shape index (κ2) is 3.71. The van der Waals surface area contributed by atoms with Gasteiger partial charge in [-0.3, -0.25) is 4.79 Å². The van der Waals surface area contributed by atoms with Gasteiger partial charge in [-0.15, -0.1) is 11.3 Å². The molecule has 0 aliphatic rings. The molecule has 0 unspecified atom stereocenters. The van der Waals surface area contributed by atoms with Crippen LogP contribution in [-0.4, -0.2) is 11.4 Å². The molecular formula is C10H7BrO2S. The van der Waals surface area contributed by atoms with Crippen molar-refractivity contribution in [1.29, 1.82) is 0 Å². The van der Waals surface area contributed by atoms with Crippen LogP contribution in [0.5, 0.6) is 5.75 Å². The van der Waals surface area contributed by atoms with E-state index in [1.165, 1.54) is 11.3 Å². The predicted octanol–water partition coefficient (Wildman–Crippen LogP) is 3.31. The highest BCUT2D eigenvalue weighted by Gasteiger charge is 2.06. The van der Waals surface area contributed by atoms with Gasteiger partial charge in [0.1, 0.15) is 5.75 Å². The van der Waals surface area contributed by atoms with Crippen LogP contribution in [0.3, 0.4) is 0 Å². The van der Waals surface area contributed by atoms with Gasteiger partial charge in [-0.05, 0) is 23.6 Å². The van der Waals surface area contributed by atoms with E-state index in [0.717, 1.165) is 21.9 Å². The van der Waals surface area contributed by atoms with Crippen LogP contribution in [0, 0.1) is 0 Å². The maximum Gasteiger partial charge on any atom is 0.160 e. The zero-order valence-electron chi connectivity index (χ0n) is 7.16. The van der Waals surface area contributed by atoms with E-state index in [1.807, 2.05) is 12.1 Å². The van der Waals surface area contributed by atoms with Crippen LogP contribution in [0.25, 0.3) is 10.1 Å². The average Bonchev–Trinajstić information content (AvgIpc) is 2.58. The third kappa shape index (κ3) is 1.55. The first-order valence-electron chi connectivity index (χ1n) is 4.01. The fourth-order valence-electron chi connectivity index (χ4n) is 1.31. The van der Waals surface area contributed by atoms with Crippen LogP contribution in [0.2, 0.25) is 0 Å². The van der Waals surface area contributed by atoms with Crippen molar-refractivity contribution in [2.75, 3.05) is 0 Å². The first-order valence-corrected chi connectivity index (χ1v) is 5.95. The summed E-state index contributed by atoms with van der Waals surface area (Å²) in [5.41, 5.74) is 0.841. The van der Waals surface area contributed by atoms with Crippen molar-refractivity contribution in [2.24, 2.45) is 0 Å². The molecule has 4 heteroatoms.